The molecule has 5 aromatic carbocycles. The van der Waals surface area contributed by atoms with Crippen molar-refractivity contribution in [3.8, 4) is 6.07 Å². The summed E-state index contributed by atoms with van der Waals surface area (Å²) in [7, 11) is 6.22. The number of halogens is 2. The molecule has 0 bridgehead atoms. The Bertz CT molecular complexity index is 1310. The Morgan fingerprint density at radius 2 is 0.543 bits per heavy atom. The minimum absolute atomic E-state index is 0.500. The van der Waals surface area contributed by atoms with Gasteiger partial charge in [0.1, 0.15) is 0 Å². The number of alkyl halides is 2. The summed E-state index contributed by atoms with van der Waals surface area (Å²) >= 11 is 4.30. The van der Waals surface area contributed by atoms with E-state index in [1.807, 2.05) is 225 Å². The van der Waals surface area contributed by atoms with E-state index in [1.165, 1.54) is 73.7 Å². The molecule has 1 saturated carbocycles. The van der Waals surface area contributed by atoms with Crippen LogP contribution in [0.4, 0.5) is 0 Å². The molecule has 0 aromatic heterocycles. The number of aryl methyl sites for hydroxylation is 5. The van der Waals surface area contributed by atoms with Gasteiger partial charge in [-0.1, -0.05) is 388 Å². The van der Waals surface area contributed by atoms with E-state index < -0.39 is 12.0 Å². The molecule has 0 spiro atoms. The number of benzene rings is 5. The predicted molar refractivity (Wildman–Crippen MR) is 396 cm³/mol. The Hall–Kier alpha value is -3.65. The summed E-state index contributed by atoms with van der Waals surface area (Å²) in [5.41, 5.74) is 6.61. The molecule has 81 heavy (non-hydrogen) atoms. The fourth-order valence-electron chi connectivity index (χ4n) is 3.98. The summed E-state index contributed by atoms with van der Waals surface area (Å²) in [5, 5.41) is 31.3. The molecule has 0 radical (unpaired) electrons. The van der Waals surface area contributed by atoms with Gasteiger partial charge < -0.3 is 19.5 Å². The summed E-state index contributed by atoms with van der Waals surface area (Å²) in [6.45, 7) is 51.5. The maximum Gasteiger partial charge on any atom is 0.448 e. The third-order valence-electron chi connectivity index (χ3n) is 6.60. The highest BCUT2D eigenvalue weighted by Gasteiger charge is 2.06. The number of methoxy groups -OCH3 is 2. The molecule has 1 fully saturated rings. The standard InChI is InChI=1S/C7H14.5C7H8.C2H3N.2C2H6O.9C2H6.CH5BO2.2CH3I.CH3NO2/c6*1-7-5-3-2-4-6-7;1-2-3;2*1-3-2;9*1-2;1-2(3)4;2*1-2;1-2(3)4/h7H,2-6H2,1H3;5*2-6H,1H3;1H3;2*1-2H3;9*1-2H3;3-4H,1H3;2*1H3;1H3. The minimum Gasteiger partial charge on any atom is -0.427 e. The van der Waals surface area contributed by atoms with Crippen LogP contribution < -0.4 is 0 Å². The molecule has 480 valence electrons. The van der Waals surface area contributed by atoms with Gasteiger partial charge in [-0.3, -0.25) is 10.1 Å². The van der Waals surface area contributed by atoms with Crippen LogP contribution in [-0.2, 0) is 9.47 Å². The maximum absolute atomic E-state index is 8.81. The van der Waals surface area contributed by atoms with E-state index in [0.29, 0.717) is 0 Å². The van der Waals surface area contributed by atoms with E-state index >= 15 is 0 Å². The summed E-state index contributed by atoms with van der Waals surface area (Å²) in [5.74, 6) is 1.04. The largest absolute Gasteiger partial charge is 0.448 e. The van der Waals surface area contributed by atoms with E-state index in [9.17, 15) is 0 Å². The molecule has 11 heteroatoms. The normalized spacial score (nSPS) is 7.95. The first-order valence-corrected chi connectivity index (χ1v) is 33.8. The number of hydrogen-bond donors (Lipinski definition) is 2. The maximum atomic E-state index is 8.81. The van der Waals surface area contributed by atoms with Gasteiger partial charge in [-0.25, -0.2) is 0 Å². The molecule has 5 aromatic rings. The molecule has 0 unspecified atom stereocenters. The van der Waals surface area contributed by atoms with Crippen LogP contribution in [0, 0.1) is 62.0 Å². The van der Waals surface area contributed by atoms with Crippen LogP contribution in [0.1, 0.15) is 198 Å². The lowest BCUT2D eigenvalue weighted by Crippen LogP contribution is -2.00. The van der Waals surface area contributed by atoms with Crippen LogP contribution in [0.3, 0.4) is 0 Å². The van der Waals surface area contributed by atoms with Crippen molar-refractivity contribution < 1.29 is 24.4 Å². The monoisotopic (exact) mass is 1370 g/mol. The van der Waals surface area contributed by atoms with E-state index in [0.717, 1.165) is 13.0 Å². The topological polar surface area (TPSA) is 126 Å². The summed E-state index contributed by atoms with van der Waals surface area (Å²) in [6.07, 6.45) is 7.44. The number of nitriles is 1. The van der Waals surface area contributed by atoms with E-state index in [2.05, 4.69) is 157 Å². The molecule has 0 heterocycles. The molecule has 0 atom stereocenters. The third kappa shape index (κ3) is 215. The molecule has 0 amide bonds. The van der Waals surface area contributed by atoms with Crippen molar-refractivity contribution in [1.29, 1.82) is 5.26 Å². The zero-order valence-corrected chi connectivity index (χ0v) is 63.6. The van der Waals surface area contributed by atoms with E-state index in [-0.39, 0.29) is 0 Å². The van der Waals surface area contributed by atoms with E-state index in [1.54, 1.807) is 34.5 Å². The fraction of sp³-hybridized carbons (Fsp3) is 0.557. The molecule has 0 saturated heterocycles. The van der Waals surface area contributed by atoms with E-state index in [4.69, 9.17) is 25.4 Å². The van der Waals surface area contributed by atoms with Crippen LogP contribution in [0.2, 0.25) is 6.82 Å². The second kappa shape index (κ2) is 152. The van der Waals surface area contributed by atoms with Crippen molar-refractivity contribution in [2.75, 3.05) is 45.3 Å². The summed E-state index contributed by atoms with van der Waals surface area (Å²) < 4.78 is 8.50. The second-order valence-corrected chi connectivity index (χ2v) is 13.1. The van der Waals surface area contributed by atoms with Crippen LogP contribution in [0.15, 0.2) is 152 Å². The van der Waals surface area contributed by atoms with Gasteiger partial charge in [0, 0.05) is 40.3 Å². The second-order valence-electron chi connectivity index (χ2n) is 13.1. The minimum atomic E-state index is -1.17. The lowest BCUT2D eigenvalue weighted by atomic mass is 9.91. The Morgan fingerprint density at radius 1 is 0.444 bits per heavy atom. The Labute approximate surface area is 537 Å². The molecule has 1 aliphatic rings. The Kier molecular flexibility index (Phi) is 225. The number of nitro groups is 1. The first-order valence-electron chi connectivity index (χ1n) is 29.5. The van der Waals surface area contributed by atoms with Gasteiger partial charge in [-0.2, -0.15) is 5.26 Å². The molecule has 6 rings (SSSR count). The molecular formula is C70H137BI2N2O6. The number of ether oxygens (including phenoxy) is 2. The highest BCUT2D eigenvalue weighted by Crippen LogP contribution is 2.22. The van der Waals surface area contributed by atoms with Crippen molar-refractivity contribution in [2.24, 2.45) is 5.92 Å². The van der Waals surface area contributed by atoms with Crippen LogP contribution in [0.5, 0.6) is 0 Å². The molecule has 0 aliphatic heterocycles. The van der Waals surface area contributed by atoms with Gasteiger partial charge in [-0.15, -0.1) is 0 Å². The third-order valence-corrected chi connectivity index (χ3v) is 6.60. The molecular weight excluding hydrogens is 1230 g/mol. The quantitative estimate of drug-likeness (QED) is 0.0520. The average Bonchev–Trinajstić information content (AvgIpc) is 3.51. The van der Waals surface area contributed by atoms with Crippen molar-refractivity contribution in [3.63, 3.8) is 0 Å². The lowest BCUT2D eigenvalue weighted by Gasteiger charge is -2.15. The predicted octanol–water partition coefficient (Wildman–Crippen LogP) is 23.9. The average molecular weight is 1370 g/mol. The number of rotatable bonds is 0. The van der Waals surface area contributed by atoms with Crippen molar-refractivity contribution in [3.05, 3.63) is 190 Å². The highest BCUT2D eigenvalue weighted by molar-refractivity contribution is 14.1. The fourth-order valence-corrected chi connectivity index (χ4v) is 3.98. The zero-order chi connectivity index (χ0) is 68.0. The highest BCUT2D eigenvalue weighted by atomic mass is 127. The molecule has 8 nitrogen and oxygen atoms in total. The van der Waals surface area contributed by atoms with Gasteiger partial charge >= 0.3 is 7.12 Å². The van der Waals surface area contributed by atoms with Crippen LogP contribution in [-0.4, -0.2) is 67.4 Å². The first kappa shape index (κ1) is 120. The van der Waals surface area contributed by atoms with Crippen LogP contribution in [0.25, 0.3) is 0 Å². The van der Waals surface area contributed by atoms with Crippen molar-refractivity contribution in [1.82, 2.24) is 0 Å². The first-order chi connectivity index (χ1) is 39.1. The van der Waals surface area contributed by atoms with Crippen molar-refractivity contribution in [2.45, 2.75) is 212 Å². The molecule has 2 N–H and O–H groups in total. The van der Waals surface area contributed by atoms with Crippen molar-refractivity contribution >= 4 is 52.3 Å². The van der Waals surface area contributed by atoms with Gasteiger partial charge in [0.2, 0.25) is 0 Å². The molecule has 1 aliphatic carbocycles. The van der Waals surface area contributed by atoms with Gasteiger partial charge in [-0.05, 0) is 57.2 Å². The van der Waals surface area contributed by atoms with Crippen LogP contribution >= 0.6 is 45.2 Å². The zero-order valence-electron chi connectivity index (χ0n) is 59.3. The van der Waals surface area contributed by atoms with Gasteiger partial charge in [0.25, 0.3) is 0 Å². The Balaban J connectivity index is -0.0000000400. The summed E-state index contributed by atoms with van der Waals surface area (Å²) in [6, 6.07) is 53.1. The SMILES string of the molecule is CB(O)O.CC.CC.CC.CC.CC.CC.CC.CC.CC.CC#N.CC1CCCCC1.CI.CI.COC.COC.C[N+](=O)[O-].Cc1ccccc1.Cc1ccccc1.Cc1ccccc1.Cc1ccccc1.Cc1ccccc1. The lowest BCUT2D eigenvalue weighted by molar-refractivity contribution is -0.445. The number of nitrogens with zero attached hydrogens (tertiary/aromatic N) is 2. The van der Waals surface area contributed by atoms with Gasteiger partial charge in [0.15, 0.2) is 7.05 Å². The smallest absolute Gasteiger partial charge is 0.427 e. The number of hydrogen-bond acceptors (Lipinski definition) is 7. The summed E-state index contributed by atoms with van der Waals surface area (Å²) in [4.78, 5) is 12.2. The van der Waals surface area contributed by atoms with Gasteiger partial charge in [0.05, 0.1) is 6.07 Å². The Morgan fingerprint density at radius 3 is 0.593 bits per heavy atom.